The van der Waals surface area contributed by atoms with E-state index in [9.17, 15) is 14.4 Å². The Labute approximate surface area is 193 Å². The van der Waals surface area contributed by atoms with Crippen LogP contribution in [0.4, 0.5) is 5.69 Å². The monoisotopic (exact) mass is 445 g/mol. The molecular formula is C26H27N3O4. The molecule has 7 nitrogen and oxygen atoms in total. The van der Waals surface area contributed by atoms with Crippen molar-refractivity contribution in [2.45, 2.75) is 20.8 Å². The molecule has 0 saturated carbocycles. The Bertz CT molecular complexity index is 1140. The molecule has 0 aliphatic heterocycles. The number of hydrogen-bond acceptors (Lipinski definition) is 4. The first kappa shape index (κ1) is 23.5. The summed E-state index contributed by atoms with van der Waals surface area (Å²) in [4.78, 5) is 37.1. The number of hydrogen-bond donors (Lipinski definition) is 3. The van der Waals surface area contributed by atoms with Gasteiger partial charge >= 0.3 is 0 Å². The minimum absolute atomic E-state index is 0.234. The smallest absolute Gasteiger partial charge is 0.269 e. The van der Waals surface area contributed by atoms with Crippen molar-refractivity contribution in [1.82, 2.24) is 10.9 Å². The van der Waals surface area contributed by atoms with E-state index in [1.807, 2.05) is 32.9 Å². The lowest BCUT2D eigenvalue weighted by Gasteiger charge is -2.11. The normalized spacial score (nSPS) is 10.4. The summed E-state index contributed by atoms with van der Waals surface area (Å²) >= 11 is 0. The molecule has 0 spiro atoms. The summed E-state index contributed by atoms with van der Waals surface area (Å²) in [5.41, 5.74) is 7.59. The number of anilines is 1. The van der Waals surface area contributed by atoms with Gasteiger partial charge in [-0.25, -0.2) is 0 Å². The van der Waals surface area contributed by atoms with Crippen LogP contribution in [0.15, 0.2) is 72.8 Å². The minimum Gasteiger partial charge on any atom is -0.493 e. The molecule has 0 atom stereocenters. The van der Waals surface area contributed by atoms with E-state index < -0.39 is 11.8 Å². The molecule has 0 radical (unpaired) electrons. The van der Waals surface area contributed by atoms with Gasteiger partial charge in [-0.2, -0.15) is 0 Å². The number of nitrogens with one attached hydrogen (secondary N) is 3. The van der Waals surface area contributed by atoms with Gasteiger partial charge in [0.15, 0.2) is 0 Å². The first-order valence-electron chi connectivity index (χ1n) is 10.6. The van der Waals surface area contributed by atoms with Gasteiger partial charge in [0.05, 0.1) is 6.61 Å². The molecule has 0 unspecified atom stereocenters. The van der Waals surface area contributed by atoms with Gasteiger partial charge in [0.25, 0.3) is 17.7 Å². The third-order valence-electron chi connectivity index (χ3n) is 4.65. The minimum atomic E-state index is -0.480. The second kappa shape index (κ2) is 10.9. The van der Waals surface area contributed by atoms with E-state index in [2.05, 4.69) is 16.2 Å². The average molecular weight is 446 g/mol. The molecule has 0 aliphatic rings. The lowest BCUT2D eigenvalue weighted by molar-refractivity contribution is 0.0846. The average Bonchev–Trinajstić information content (AvgIpc) is 2.81. The van der Waals surface area contributed by atoms with Crippen molar-refractivity contribution >= 4 is 23.4 Å². The second-order valence-electron chi connectivity index (χ2n) is 8.04. The molecule has 3 rings (SSSR count). The van der Waals surface area contributed by atoms with E-state index in [1.165, 1.54) is 0 Å². The maximum atomic E-state index is 12.4. The van der Waals surface area contributed by atoms with E-state index in [-0.39, 0.29) is 5.91 Å². The van der Waals surface area contributed by atoms with Crippen molar-refractivity contribution < 1.29 is 19.1 Å². The highest BCUT2D eigenvalue weighted by Gasteiger charge is 2.11. The SMILES string of the molecule is Cc1cccc(C(=O)Nc2ccc(C(=O)NNC(=O)c3cccc(OCC(C)C)c3)cc2)c1. The van der Waals surface area contributed by atoms with Crippen molar-refractivity contribution in [3.8, 4) is 5.75 Å². The Morgan fingerprint density at radius 2 is 1.36 bits per heavy atom. The molecule has 3 aromatic rings. The summed E-state index contributed by atoms with van der Waals surface area (Å²) in [6.07, 6.45) is 0. The van der Waals surface area contributed by atoms with E-state index in [1.54, 1.807) is 60.7 Å². The number of carbonyl (C=O) groups excluding carboxylic acids is 3. The summed E-state index contributed by atoms with van der Waals surface area (Å²) in [7, 11) is 0. The number of rotatable bonds is 7. The van der Waals surface area contributed by atoms with Gasteiger partial charge in [-0.15, -0.1) is 0 Å². The molecule has 0 aliphatic carbocycles. The van der Waals surface area contributed by atoms with Crippen LogP contribution in [0.5, 0.6) is 5.75 Å². The standard InChI is InChI=1S/C26H27N3O4/c1-17(2)16-33-23-9-5-8-21(15-23)26(32)29-28-25(31)19-10-12-22(13-11-19)27-24(30)20-7-4-6-18(3)14-20/h4-15,17H,16H2,1-3H3,(H,27,30)(H,28,31)(H,29,32). The third kappa shape index (κ3) is 6.93. The van der Waals surface area contributed by atoms with Gasteiger partial charge in [-0.05, 0) is 67.4 Å². The fourth-order valence-corrected chi connectivity index (χ4v) is 2.94. The number of hydrazine groups is 1. The van der Waals surface area contributed by atoms with Crippen molar-refractivity contribution in [2.75, 3.05) is 11.9 Å². The Morgan fingerprint density at radius 3 is 2.00 bits per heavy atom. The number of aryl methyl sites for hydroxylation is 1. The van der Waals surface area contributed by atoms with Crippen LogP contribution in [-0.2, 0) is 0 Å². The predicted molar refractivity (Wildman–Crippen MR) is 127 cm³/mol. The highest BCUT2D eigenvalue weighted by Crippen LogP contribution is 2.15. The van der Waals surface area contributed by atoms with Crippen LogP contribution in [0.3, 0.4) is 0 Å². The first-order valence-corrected chi connectivity index (χ1v) is 10.6. The summed E-state index contributed by atoms with van der Waals surface area (Å²) in [6.45, 7) is 6.54. The lowest BCUT2D eigenvalue weighted by atomic mass is 10.1. The highest BCUT2D eigenvalue weighted by molar-refractivity contribution is 6.05. The Balaban J connectivity index is 1.54. The molecule has 170 valence electrons. The maximum Gasteiger partial charge on any atom is 0.269 e. The van der Waals surface area contributed by atoms with E-state index in [0.717, 1.165) is 5.56 Å². The van der Waals surface area contributed by atoms with Crippen molar-refractivity contribution in [2.24, 2.45) is 5.92 Å². The number of benzene rings is 3. The number of amides is 3. The van der Waals surface area contributed by atoms with Crippen LogP contribution >= 0.6 is 0 Å². The van der Waals surface area contributed by atoms with Crippen molar-refractivity contribution in [1.29, 1.82) is 0 Å². The zero-order valence-corrected chi connectivity index (χ0v) is 18.8. The largest absolute Gasteiger partial charge is 0.493 e. The molecule has 0 fully saturated rings. The van der Waals surface area contributed by atoms with Crippen LogP contribution in [0.2, 0.25) is 0 Å². The van der Waals surface area contributed by atoms with E-state index >= 15 is 0 Å². The zero-order valence-electron chi connectivity index (χ0n) is 18.8. The Hall–Kier alpha value is -4.13. The number of carbonyl (C=O) groups is 3. The van der Waals surface area contributed by atoms with E-state index in [4.69, 9.17) is 4.74 Å². The van der Waals surface area contributed by atoms with Crippen LogP contribution in [0, 0.1) is 12.8 Å². The predicted octanol–water partition coefficient (Wildman–Crippen LogP) is 4.36. The summed E-state index contributed by atoms with van der Waals surface area (Å²) in [5.74, 6) is -0.217. The van der Waals surface area contributed by atoms with Crippen LogP contribution in [0.25, 0.3) is 0 Å². The fraction of sp³-hybridized carbons (Fsp3) is 0.192. The van der Waals surface area contributed by atoms with Gasteiger partial charge in [0, 0.05) is 22.4 Å². The van der Waals surface area contributed by atoms with Gasteiger partial charge in [-0.3, -0.25) is 25.2 Å². The summed E-state index contributed by atoms with van der Waals surface area (Å²) < 4.78 is 5.63. The molecule has 0 aromatic heterocycles. The fourth-order valence-electron chi connectivity index (χ4n) is 2.94. The Morgan fingerprint density at radius 1 is 0.758 bits per heavy atom. The van der Waals surface area contributed by atoms with Gasteiger partial charge in [-0.1, -0.05) is 37.6 Å². The lowest BCUT2D eigenvalue weighted by Crippen LogP contribution is -2.41. The zero-order chi connectivity index (χ0) is 23.8. The molecule has 7 heteroatoms. The van der Waals surface area contributed by atoms with Crippen molar-refractivity contribution in [3.05, 3.63) is 95.1 Å². The second-order valence-corrected chi connectivity index (χ2v) is 8.04. The molecule has 0 saturated heterocycles. The van der Waals surface area contributed by atoms with Crippen LogP contribution < -0.4 is 20.9 Å². The molecular weight excluding hydrogens is 418 g/mol. The molecule has 0 heterocycles. The molecule has 33 heavy (non-hydrogen) atoms. The van der Waals surface area contributed by atoms with Crippen molar-refractivity contribution in [3.63, 3.8) is 0 Å². The first-order chi connectivity index (χ1) is 15.8. The van der Waals surface area contributed by atoms with Crippen LogP contribution in [0.1, 0.15) is 50.5 Å². The summed E-state index contributed by atoms with van der Waals surface area (Å²) in [5, 5.41) is 2.79. The van der Waals surface area contributed by atoms with Gasteiger partial charge in [0.1, 0.15) is 5.75 Å². The maximum absolute atomic E-state index is 12.4. The Kier molecular flexibility index (Phi) is 7.81. The third-order valence-corrected chi connectivity index (χ3v) is 4.65. The van der Waals surface area contributed by atoms with Gasteiger partial charge < -0.3 is 10.1 Å². The molecule has 3 amide bonds. The van der Waals surface area contributed by atoms with Gasteiger partial charge in [0.2, 0.25) is 0 Å². The van der Waals surface area contributed by atoms with Crippen LogP contribution in [-0.4, -0.2) is 24.3 Å². The molecule has 3 aromatic carbocycles. The topological polar surface area (TPSA) is 96.5 Å². The summed E-state index contributed by atoms with van der Waals surface area (Å²) in [6, 6.07) is 20.4. The van der Waals surface area contributed by atoms with E-state index in [0.29, 0.717) is 40.7 Å². The molecule has 0 bridgehead atoms. The highest BCUT2D eigenvalue weighted by atomic mass is 16.5. The quantitative estimate of drug-likeness (QED) is 0.471. The number of ether oxygens (including phenoxy) is 1. The molecule has 3 N–H and O–H groups in total.